The molecule has 1 atom stereocenters. The van der Waals surface area contributed by atoms with Crippen LogP contribution in [0.4, 0.5) is 0 Å². The largest absolute Gasteiger partial charge is 0.489 e. The molecule has 2 aromatic carbocycles. The summed E-state index contributed by atoms with van der Waals surface area (Å²) in [4.78, 5) is 12.6. The van der Waals surface area contributed by atoms with E-state index in [1.807, 2.05) is 13.8 Å². The highest BCUT2D eigenvalue weighted by atomic mass is 35.5. The summed E-state index contributed by atoms with van der Waals surface area (Å²) in [5.74, 6) is 1.03. The molecule has 1 amide bonds. The molecule has 2 aromatic heterocycles. The van der Waals surface area contributed by atoms with Gasteiger partial charge >= 0.3 is 0 Å². The Balaban J connectivity index is 1.15. The molecule has 244 valence electrons. The molecule has 10 nitrogen and oxygen atoms in total. The topological polar surface area (TPSA) is 140 Å². The van der Waals surface area contributed by atoms with E-state index in [-0.39, 0.29) is 42.5 Å². The normalized spacial score (nSPS) is 20.0. The number of carbonyl (C=O) groups is 1. The number of halogens is 3. The van der Waals surface area contributed by atoms with Crippen molar-refractivity contribution in [3.8, 4) is 17.0 Å². The number of ether oxygens (including phenoxy) is 1. The fourth-order valence-corrected chi connectivity index (χ4v) is 7.13. The van der Waals surface area contributed by atoms with Crippen LogP contribution in [0.25, 0.3) is 11.3 Å². The van der Waals surface area contributed by atoms with Gasteiger partial charge in [0.2, 0.25) is 0 Å². The van der Waals surface area contributed by atoms with E-state index in [4.69, 9.17) is 48.6 Å². The number of nitrogens with one attached hydrogen (secondary N) is 1. The lowest BCUT2D eigenvalue weighted by Gasteiger charge is -2.44. The van der Waals surface area contributed by atoms with Crippen molar-refractivity contribution < 1.29 is 27.9 Å². The summed E-state index contributed by atoms with van der Waals surface area (Å²) >= 11 is 17.7. The van der Waals surface area contributed by atoms with Crippen LogP contribution < -0.4 is 10.1 Å². The van der Waals surface area contributed by atoms with Gasteiger partial charge in [-0.3, -0.25) is 9.48 Å². The third-order valence-electron chi connectivity index (χ3n) is 8.43. The number of rotatable bonds is 12. The van der Waals surface area contributed by atoms with Gasteiger partial charge in [-0.25, -0.2) is 4.21 Å². The van der Waals surface area contributed by atoms with Crippen LogP contribution in [0.2, 0.25) is 15.1 Å². The van der Waals surface area contributed by atoms with Crippen LogP contribution in [0, 0.1) is 0 Å². The predicted molar refractivity (Wildman–Crippen MR) is 176 cm³/mol. The van der Waals surface area contributed by atoms with Crippen molar-refractivity contribution in [1.82, 2.24) is 20.3 Å². The minimum Gasteiger partial charge on any atom is -0.489 e. The van der Waals surface area contributed by atoms with Gasteiger partial charge in [0.25, 0.3) is 5.91 Å². The highest BCUT2D eigenvalue weighted by Crippen LogP contribution is 2.53. The molecule has 2 aliphatic carbocycles. The zero-order valence-corrected chi connectivity index (χ0v) is 28.2. The van der Waals surface area contributed by atoms with Gasteiger partial charge < -0.3 is 24.2 Å². The number of aromatic nitrogens is 3. The van der Waals surface area contributed by atoms with Crippen molar-refractivity contribution in [2.24, 2.45) is 0 Å². The molecule has 2 aliphatic rings. The Morgan fingerprint density at radius 1 is 1.13 bits per heavy atom. The predicted octanol–water partition coefficient (Wildman–Crippen LogP) is 7.25. The summed E-state index contributed by atoms with van der Waals surface area (Å²) in [6.07, 6.45) is 2.81. The van der Waals surface area contributed by atoms with Crippen molar-refractivity contribution in [3.05, 3.63) is 85.8 Å². The van der Waals surface area contributed by atoms with E-state index in [0.717, 1.165) is 29.9 Å². The van der Waals surface area contributed by atoms with Crippen molar-refractivity contribution in [2.75, 3.05) is 12.3 Å². The highest BCUT2D eigenvalue weighted by molar-refractivity contribution is 7.79. The summed E-state index contributed by atoms with van der Waals surface area (Å²) in [6, 6.07) is 12.2. The van der Waals surface area contributed by atoms with Crippen LogP contribution in [-0.4, -0.2) is 47.0 Å². The molecule has 2 saturated carbocycles. The Hall–Kier alpha value is -2.93. The van der Waals surface area contributed by atoms with E-state index in [1.165, 1.54) is 0 Å². The molecule has 6 rings (SSSR count). The first-order valence-electron chi connectivity index (χ1n) is 15.0. The maximum absolute atomic E-state index is 12.6. The second-order valence-electron chi connectivity index (χ2n) is 12.1. The summed E-state index contributed by atoms with van der Waals surface area (Å²) in [5.41, 5.74) is 2.42. The molecule has 2 fully saturated rings. The van der Waals surface area contributed by atoms with Gasteiger partial charge in [0.15, 0.2) is 11.1 Å². The van der Waals surface area contributed by atoms with Crippen molar-refractivity contribution in [3.63, 3.8) is 0 Å². The maximum Gasteiger partial charge on any atom is 0.271 e. The van der Waals surface area contributed by atoms with E-state index in [9.17, 15) is 14.1 Å². The van der Waals surface area contributed by atoms with Gasteiger partial charge in [0.05, 0.1) is 32.0 Å². The van der Waals surface area contributed by atoms with Crippen LogP contribution in [0.3, 0.4) is 0 Å². The average molecular weight is 708 g/mol. The molecule has 0 spiro atoms. The first-order valence-corrected chi connectivity index (χ1v) is 17.4. The minimum absolute atomic E-state index is 0.0180. The zero-order chi connectivity index (χ0) is 32.7. The average Bonchev–Trinajstić information content (AvgIpc) is 3.58. The summed E-state index contributed by atoms with van der Waals surface area (Å²) in [7, 11) is 0. The number of benzene rings is 2. The van der Waals surface area contributed by atoms with Crippen LogP contribution >= 0.6 is 34.8 Å². The van der Waals surface area contributed by atoms with E-state index in [0.29, 0.717) is 50.5 Å². The van der Waals surface area contributed by atoms with E-state index < -0.39 is 22.6 Å². The molecule has 3 N–H and O–H groups in total. The molecular formula is C32H33Cl3N4O6S. The third-order valence-corrected chi connectivity index (χ3v) is 9.92. The third kappa shape index (κ3) is 6.72. The Kier molecular flexibility index (Phi) is 9.53. The maximum atomic E-state index is 12.6. The number of aliphatic hydroxyl groups is 1. The van der Waals surface area contributed by atoms with Crippen LogP contribution in [0.15, 0.2) is 47.0 Å². The first kappa shape index (κ1) is 33.0. The van der Waals surface area contributed by atoms with Crippen LogP contribution in [-0.2, 0) is 23.3 Å². The van der Waals surface area contributed by atoms with Gasteiger partial charge in [-0.15, -0.1) is 0 Å². The molecule has 0 saturated heterocycles. The standard InChI is InChI=1S/C32H33Cl3N4O6S/c1-17(2)39-27(13-26(37-39)31(40)36-10-11-46(42)43)19-14-32(41,15-19)22-9-8-20(12-25(22)35)44-16-21-29(38-45-30(21)18-6-7-18)28-23(33)4-3-5-24(28)34/h3-5,8-9,12-13,17-19,41H,6-7,10-11,14-16H2,1-2H3,(H,36,40)(H,42,43). The van der Waals surface area contributed by atoms with Crippen LogP contribution in [0.5, 0.6) is 5.75 Å². The fourth-order valence-electron chi connectivity index (χ4n) is 5.93. The van der Waals surface area contributed by atoms with Gasteiger partial charge in [-0.2, -0.15) is 5.10 Å². The van der Waals surface area contributed by atoms with Gasteiger partial charge in [0, 0.05) is 41.2 Å². The van der Waals surface area contributed by atoms with Crippen LogP contribution in [0.1, 0.15) is 90.5 Å². The number of amides is 1. The first-order chi connectivity index (χ1) is 21.9. The Bertz CT molecular complexity index is 1780. The van der Waals surface area contributed by atoms with Crippen molar-refractivity contribution >= 4 is 51.8 Å². The Labute approximate surface area is 283 Å². The smallest absolute Gasteiger partial charge is 0.271 e. The van der Waals surface area contributed by atoms with E-state index >= 15 is 0 Å². The number of hydrogen-bond acceptors (Lipinski definition) is 7. The molecule has 4 aromatic rings. The lowest BCUT2D eigenvalue weighted by molar-refractivity contribution is -0.0570. The fraction of sp³-hybridized carbons (Fsp3) is 0.406. The minimum atomic E-state index is -2.00. The molecule has 0 radical (unpaired) electrons. The molecule has 0 bridgehead atoms. The second-order valence-corrected chi connectivity index (χ2v) is 14.4. The highest BCUT2D eigenvalue weighted by Gasteiger charge is 2.47. The number of hydrogen-bond donors (Lipinski definition) is 3. The quantitative estimate of drug-likeness (QED) is 0.131. The molecule has 0 aliphatic heterocycles. The SMILES string of the molecule is CC(C)n1nc(C(=O)NCCS(=O)O)cc1C1CC(O)(c2ccc(OCc3c(-c4c(Cl)cccc4Cl)noc3C3CC3)cc2Cl)C1. The molecule has 2 heterocycles. The van der Waals surface area contributed by atoms with Gasteiger partial charge in [0.1, 0.15) is 29.5 Å². The van der Waals surface area contributed by atoms with E-state index in [2.05, 4.69) is 15.6 Å². The molecule has 1 unspecified atom stereocenters. The summed E-state index contributed by atoms with van der Waals surface area (Å²) in [6.45, 7) is 4.16. The Morgan fingerprint density at radius 3 is 2.48 bits per heavy atom. The zero-order valence-electron chi connectivity index (χ0n) is 25.1. The molecule has 14 heteroatoms. The monoisotopic (exact) mass is 706 g/mol. The second kappa shape index (κ2) is 13.3. The number of carbonyl (C=O) groups excluding carboxylic acids is 1. The summed E-state index contributed by atoms with van der Waals surface area (Å²) in [5, 5.41) is 24.3. The molecule has 46 heavy (non-hydrogen) atoms. The summed E-state index contributed by atoms with van der Waals surface area (Å²) < 4.78 is 33.6. The number of nitrogens with zero attached hydrogens (tertiary/aromatic N) is 3. The lowest BCUT2D eigenvalue weighted by atomic mass is 9.66. The van der Waals surface area contributed by atoms with Crippen molar-refractivity contribution in [1.29, 1.82) is 0 Å². The van der Waals surface area contributed by atoms with Crippen molar-refractivity contribution in [2.45, 2.75) is 69.6 Å². The lowest BCUT2D eigenvalue weighted by Crippen LogP contribution is -2.41. The van der Waals surface area contributed by atoms with E-state index in [1.54, 1.807) is 47.1 Å². The Morgan fingerprint density at radius 2 is 1.85 bits per heavy atom. The molecular weight excluding hydrogens is 675 g/mol. The van der Waals surface area contributed by atoms with Gasteiger partial charge in [-0.05, 0) is 69.9 Å². The van der Waals surface area contributed by atoms with Gasteiger partial charge in [-0.1, -0.05) is 52.1 Å².